The third-order valence-electron chi connectivity index (χ3n) is 5.96. The minimum Gasteiger partial charge on any atom is -0.493 e. The van der Waals surface area contributed by atoms with Crippen LogP contribution < -0.4 is 15.4 Å². The van der Waals surface area contributed by atoms with E-state index in [0.717, 1.165) is 58.4 Å². The van der Waals surface area contributed by atoms with E-state index in [1.807, 2.05) is 20.8 Å². The molecule has 0 unspecified atom stereocenters. The van der Waals surface area contributed by atoms with Gasteiger partial charge in [0, 0.05) is 52.9 Å². The van der Waals surface area contributed by atoms with Gasteiger partial charge in [-0.2, -0.15) is 0 Å². The number of aryl methyl sites for hydroxylation is 3. The van der Waals surface area contributed by atoms with Gasteiger partial charge in [0.05, 0.1) is 6.61 Å². The summed E-state index contributed by atoms with van der Waals surface area (Å²) in [4.78, 5) is 23.9. The van der Waals surface area contributed by atoms with Crippen LogP contribution in [0.1, 0.15) is 56.1 Å². The molecule has 1 heterocycles. The molecule has 1 aromatic heterocycles. The molecule has 2 amide bonds. The van der Waals surface area contributed by atoms with E-state index in [2.05, 4.69) is 16.7 Å². The van der Waals surface area contributed by atoms with Crippen molar-refractivity contribution in [2.45, 2.75) is 53.4 Å². The summed E-state index contributed by atoms with van der Waals surface area (Å²) < 4.78 is 12.2. The molecule has 6 nitrogen and oxygen atoms in total. The third kappa shape index (κ3) is 4.80. The molecular weight excluding hydrogens is 416 g/mol. The molecule has 3 aromatic rings. The van der Waals surface area contributed by atoms with Gasteiger partial charge in [0.2, 0.25) is 11.8 Å². The van der Waals surface area contributed by atoms with Crippen LogP contribution in [0, 0.1) is 6.92 Å². The Morgan fingerprint density at radius 3 is 2.39 bits per heavy atom. The van der Waals surface area contributed by atoms with E-state index in [-0.39, 0.29) is 11.8 Å². The van der Waals surface area contributed by atoms with Crippen LogP contribution in [0.4, 0.5) is 11.4 Å². The number of allylic oxidation sites excluding steroid dienone is 1. The number of carbonyl (C=O) groups is 2. The van der Waals surface area contributed by atoms with Gasteiger partial charge >= 0.3 is 0 Å². The van der Waals surface area contributed by atoms with Crippen LogP contribution in [-0.4, -0.2) is 18.4 Å². The molecule has 0 spiro atoms. The summed E-state index contributed by atoms with van der Waals surface area (Å²) in [5.41, 5.74) is 6.22. The number of ether oxygens (including phenoxy) is 1. The van der Waals surface area contributed by atoms with Gasteiger partial charge in [-0.05, 0) is 75.9 Å². The van der Waals surface area contributed by atoms with Crippen molar-refractivity contribution in [1.29, 1.82) is 0 Å². The number of furan rings is 1. The van der Waals surface area contributed by atoms with Crippen molar-refractivity contribution in [3.8, 4) is 5.75 Å². The summed E-state index contributed by atoms with van der Waals surface area (Å²) in [6, 6.07) is 9.13. The Morgan fingerprint density at radius 2 is 1.73 bits per heavy atom. The van der Waals surface area contributed by atoms with Crippen molar-refractivity contribution in [3.63, 3.8) is 0 Å². The molecule has 1 aliphatic rings. The van der Waals surface area contributed by atoms with Crippen molar-refractivity contribution in [2.24, 2.45) is 0 Å². The van der Waals surface area contributed by atoms with E-state index in [1.165, 1.54) is 18.9 Å². The Bertz CT molecular complexity index is 1240. The first-order valence-corrected chi connectivity index (χ1v) is 11.4. The summed E-state index contributed by atoms with van der Waals surface area (Å²) in [6.45, 7) is 7.89. The minimum absolute atomic E-state index is 0.137. The number of benzene rings is 2. The average Bonchev–Trinajstić information content (AvgIpc) is 3.15. The largest absolute Gasteiger partial charge is 0.493 e. The Morgan fingerprint density at radius 1 is 1.06 bits per heavy atom. The number of amides is 2. The van der Waals surface area contributed by atoms with Crippen molar-refractivity contribution in [2.75, 3.05) is 17.2 Å². The molecule has 0 radical (unpaired) electrons. The number of nitrogens with one attached hydrogen (secondary N) is 2. The standard InChI is InChI=1S/C27H30N2O4/c1-5-32-26-17(3)27-23(21-8-6-7-9-24(21)33-27)15-22(26)16(2)14-25(31)29-20-12-10-19(11-13-20)28-18(4)30/h10-15H,5-9H2,1-4H3,(H,28,30)(H,29,31)/b16-14+. The van der Waals surface area contributed by atoms with Gasteiger partial charge in [0.15, 0.2) is 0 Å². The highest BCUT2D eigenvalue weighted by atomic mass is 16.5. The number of fused-ring (bicyclic) bond motifs is 3. The normalized spacial score (nSPS) is 13.5. The number of carbonyl (C=O) groups excluding carboxylic acids is 2. The molecule has 0 fully saturated rings. The highest BCUT2D eigenvalue weighted by Gasteiger charge is 2.23. The minimum atomic E-state index is -0.228. The Labute approximate surface area is 194 Å². The fourth-order valence-corrected chi connectivity index (χ4v) is 4.45. The monoisotopic (exact) mass is 446 g/mol. The zero-order chi connectivity index (χ0) is 23.5. The molecule has 0 aliphatic heterocycles. The molecule has 0 bridgehead atoms. The van der Waals surface area contributed by atoms with Crippen LogP contribution in [0.3, 0.4) is 0 Å². The molecule has 0 saturated heterocycles. The first-order chi connectivity index (χ1) is 15.9. The number of hydrogen-bond donors (Lipinski definition) is 2. The number of hydrogen-bond acceptors (Lipinski definition) is 4. The maximum Gasteiger partial charge on any atom is 0.248 e. The molecule has 1 aliphatic carbocycles. The van der Waals surface area contributed by atoms with Crippen molar-refractivity contribution < 1.29 is 18.7 Å². The van der Waals surface area contributed by atoms with Crippen molar-refractivity contribution in [3.05, 3.63) is 58.9 Å². The Balaban J connectivity index is 1.64. The zero-order valence-electron chi connectivity index (χ0n) is 19.6. The van der Waals surface area contributed by atoms with Crippen LogP contribution >= 0.6 is 0 Å². The van der Waals surface area contributed by atoms with E-state index < -0.39 is 0 Å². The Hall–Kier alpha value is -3.54. The summed E-state index contributed by atoms with van der Waals surface area (Å²) in [5, 5.41) is 6.72. The SMILES string of the molecule is CCOc1c(/C(C)=C/C(=O)Nc2ccc(NC(C)=O)cc2)cc2c3c(oc2c1C)CCCC3. The van der Waals surface area contributed by atoms with E-state index in [9.17, 15) is 9.59 Å². The van der Waals surface area contributed by atoms with Crippen molar-refractivity contribution in [1.82, 2.24) is 0 Å². The predicted molar refractivity (Wildman–Crippen MR) is 132 cm³/mol. The van der Waals surface area contributed by atoms with Crippen LogP contribution in [0.25, 0.3) is 16.5 Å². The molecule has 4 rings (SSSR count). The molecule has 172 valence electrons. The average molecular weight is 447 g/mol. The van der Waals surface area contributed by atoms with Crippen LogP contribution in [0.5, 0.6) is 5.75 Å². The van der Waals surface area contributed by atoms with Gasteiger partial charge in [-0.3, -0.25) is 9.59 Å². The first kappa shape index (κ1) is 22.6. The van der Waals surface area contributed by atoms with Gasteiger partial charge < -0.3 is 19.8 Å². The molecule has 33 heavy (non-hydrogen) atoms. The van der Waals surface area contributed by atoms with E-state index in [0.29, 0.717) is 18.0 Å². The maximum absolute atomic E-state index is 12.7. The van der Waals surface area contributed by atoms with Crippen LogP contribution in [0.2, 0.25) is 0 Å². The van der Waals surface area contributed by atoms with E-state index >= 15 is 0 Å². The summed E-state index contributed by atoms with van der Waals surface area (Å²) >= 11 is 0. The molecular formula is C27H30N2O4. The number of rotatable bonds is 6. The lowest BCUT2D eigenvalue weighted by molar-refractivity contribution is -0.114. The van der Waals surface area contributed by atoms with Gasteiger partial charge in [-0.15, -0.1) is 0 Å². The predicted octanol–water partition coefficient (Wildman–Crippen LogP) is 6.02. The first-order valence-electron chi connectivity index (χ1n) is 11.4. The lowest BCUT2D eigenvalue weighted by Crippen LogP contribution is -2.09. The lowest BCUT2D eigenvalue weighted by Gasteiger charge is -2.15. The summed E-state index contributed by atoms with van der Waals surface area (Å²) in [7, 11) is 0. The maximum atomic E-state index is 12.7. The van der Waals surface area contributed by atoms with Crippen molar-refractivity contribution >= 4 is 39.7 Å². The second-order valence-corrected chi connectivity index (χ2v) is 8.47. The van der Waals surface area contributed by atoms with Gasteiger partial charge in [-0.25, -0.2) is 0 Å². The fourth-order valence-electron chi connectivity index (χ4n) is 4.45. The topological polar surface area (TPSA) is 80.6 Å². The van der Waals surface area contributed by atoms with E-state index in [4.69, 9.17) is 9.15 Å². The quantitative estimate of drug-likeness (QED) is 0.454. The number of anilines is 2. The van der Waals surface area contributed by atoms with Gasteiger partial charge in [0.1, 0.15) is 17.1 Å². The third-order valence-corrected chi connectivity index (χ3v) is 5.96. The molecule has 2 aromatic carbocycles. The second kappa shape index (κ2) is 9.53. The summed E-state index contributed by atoms with van der Waals surface area (Å²) in [6.07, 6.45) is 5.91. The molecule has 0 saturated carbocycles. The summed E-state index contributed by atoms with van der Waals surface area (Å²) in [5.74, 6) is 1.48. The Kier molecular flexibility index (Phi) is 6.54. The molecule has 2 N–H and O–H groups in total. The van der Waals surface area contributed by atoms with Gasteiger partial charge in [-0.1, -0.05) is 0 Å². The van der Waals surface area contributed by atoms with Gasteiger partial charge in [0.25, 0.3) is 0 Å². The highest BCUT2D eigenvalue weighted by Crippen LogP contribution is 2.41. The van der Waals surface area contributed by atoms with E-state index in [1.54, 1.807) is 30.3 Å². The van der Waals surface area contributed by atoms with Crippen LogP contribution in [0.15, 0.2) is 40.8 Å². The highest BCUT2D eigenvalue weighted by molar-refractivity contribution is 6.05. The second-order valence-electron chi connectivity index (χ2n) is 8.47. The zero-order valence-corrected chi connectivity index (χ0v) is 19.6. The fraction of sp³-hybridized carbons (Fsp3) is 0.333. The lowest BCUT2D eigenvalue weighted by atomic mass is 9.93. The van der Waals surface area contributed by atoms with Crippen LogP contribution in [-0.2, 0) is 22.4 Å². The molecule has 0 atom stereocenters. The smallest absolute Gasteiger partial charge is 0.248 e. The molecule has 6 heteroatoms.